The van der Waals surface area contributed by atoms with E-state index in [9.17, 15) is 4.79 Å². The highest BCUT2D eigenvalue weighted by Gasteiger charge is 2.21. The van der Waals surface area contributed by atoms with Gasteiger partial charge in [0, 0.05) is 24.6 Å². The third-order valence-electron chi connectivity index (χ3n) is 5.26. The van der Waals surface area contributed by atoms with Crippen LogP contribution in [0.1, 0.15) is 50.2 Å². The Kier molecular flexibility index (Phi) is 7.54. The molecular weight excluding hydrogens is 352 g/mol. The van der Waals surface area contributed by atoms with Gasteiger partial charge in [0.05, 0.1) is 19.1 Å². The molecule has 5 nitrogen and oxygen atoms in total. The van der Waals surface area contributed by atoms with E-state index in [1.165, 1.54) is 24.8 Å². The summed E-state index contributed by atoms with van der Waals surface area (Å²) in [6, 6.07) is 10.2. The van der Waals surface area contributed by atoms with Crippen LogP contribution in [-0.4, -0.2) is 30.5 Å². The van der Waals surface area contributed by atoms with E-state index < -0.39 is 0 Å². The van der Waals surface area contributed by atoms with Gasteiger partial charge in [-0.15, -0.1) is 0 Å². The molecular formula is C23H32N2O3. The van der Waals surface area contributed by atoms with Crippen LogP contribution in [-0.2, 0) is 17.9 Å². The lowest BCUT2D eigenvalue weighted by atomic mass is 9.89. The van der Waals surface area contributed by atoms with Crippen molar-refractivity contribution in [3.8, 4) is 5.75 Å². The molecule has 2 aromatic rings. The Balaban J connectivity index is 1.44. The normalized spacial score (nSPS) is 16.1. The first-order chi connectivity index (χ1) is 13.6. The van der Waals surface area contributed by atoms with Gasteiger partial charge < -0.3 is 14.5 Å². The van der Waals surface area contributed by atoms with Crippen LogP contribution in [0.25, 0.3) is 0 Å². The fourth-order valence-corrected chi connectivity index (χ4v) is 3.81. The molecule has 0 spiro atoms. The molecule has 1 amide bonds. The SMILES string of the molecule is C[C@@H](CNC(=O)C1CCCCC1)Oc1cccc(CN(C)Cc2ccoc2)c1. The summed E-state index contributed by atoms with van der Waals surface area (Å²) in [5.41, 5.74) is 2.36. The van der Waals surface area contributed by atoms with Crippen LogP contribution in [0.3, 0.4) is 0 Å². The topological polar surface area (TPSA) is 54.7 Å². The maximum Gasteiger partial charge on any atom is 0.223 e. The summed E-state index contributed by atoms with van der Waals surface area (Å²) < 4.78 is 11.2. The van der Waals surface area contributed by atoms with Crippen molar-refractivity contribution in [1.29, 1.82) is 0 Å². The standard InChI is InChI=1S/C23H32N2O3/c1-18(14-24-23(26)21-8-4-3-5-9-21)28-22-10-6-7-19(13-22)15-25(2)16-20-11-12-27-17-20/h6-7,10-13,17-18,21H,3-5,8-9,14-16H2,1-2H3,(H,24,26)/t18-/m0/s1. The Morgan fingerprint density at radius 2 is 2.00 bits per heavy atom. The van der Waals surface area contributed by atoms with Gasteiger partial charge in [0.15, 0.2) is 0 Å². The molecule has 1 aliphatic rings. The molecule has 0 aliphatic heterocycles. The number of benzene rings is 1. The van der Waals surface area contributed by atoms with Gasteiger partial charge >= 0.3 is 0 Å². The molecule has 1 atom stereocenters. The van der Waals surface area contributed by atoms with Crippen molar-refractivity contribution in [3.05, 3.63) is 54.0 Å². The predicted octanol–water partition coefficient (Wildman–Crippen LogP) is 4.38. The van der Waals surface area contributed by atoms with Gasteiger partial charge in [-0.05, 0) is 50.6 Å². The first kappa shape index (κ1) is 20.5. The van der Waals surface area contributed by atoms with Gasteiger partial charge in [0.2, 0.25) is 5.91 Å². The molecule has 1 saturated carbocycles. The molecule has 1 heterocycles. The third-order valence-corrected chi connectivity index (χ3v) is 5.26. The number of hydrogen-bond donors (Lipinski definition) is 1. The van der Waals surface area contributed by atoms with E-state index in [4.69, 9.17) is 9.15 Å². The summed E-state index contributed by atoms with van der Waals surface area (Å²) in [7, 11) is 2.09. The Morgan fingerprint density at radius 3 is 2.75 bits per heavy atom. The number of ether oxygens (including phenoxy) is 1. The van der Waals surface area contributed by atoms with Crippen LogP contribution in [0.4, 0.5) is 0 Å². The lowest BCUT2D eigenvalue weighted by molar-refractivity contribution is -0.126. The van der Waals surface area contributed by atoms with Crippen LogP contribution in [0.5, 0.6) is 5.75 Å². The molecule has 1 N–H and O–H groups in total. The number of rotatable bonds is 9. The average Bonchev–Trinajstić information content (AvgIpc) is 3.20. The highest BCUT2D eigenvalue weighted by atomic mass is 16.5. The second kappa shape index (κ2) is 10.3. The number of carbonyl (C=O) groups is 1. The van der Waals surface area contributed by atoms with Crippen LogP contribution in [0.15, 0.2) is 47.3 Å². The average molecular weight is 385 g/mol. The quantitative estimate of drug-likeness (QED) is 0.697. The zero-order valence-electron chi connectivity index (χ0n) is 17.0. The van der Waals surface area contributed by atoms with E-state index >= 15 is 0 Å². The molecule has 1 aromatic carbocycles. The molecule has 1 aromatic heterocycles. The number of furan rings is 1. The second-order valence-electron chi connectivity index (χ2n) is 7.96. The number of nitrogens with zero attached hydrogens (tertiary/aromatic N) is 1. The van der Waals surface area contributed by atoms with E-state index in [0.717, 1.165) is 37.2 Å². The molecule has 152 valence electrons. The van der Waals surface area contributed by atoms with Crippen molar-refractivity contribution < 1.29 is 13.9 Å². The number of carbonyl (C=O) groups excluding carboxylic acids is 1. The van der Waals surface area contributed by atoms with E-state index in [-0.39, 0.29) is 17.9 Å². The maximum absolute atomic E-state index is 12.3. The minimum atomic E-state index is -0.0635. The van der Waals surface area contributed by atoms with Gasteiger partial charge in [-0.1, -0.05) is 31.4 Å². The van der Waals surface area contributed by atoms with E-state index in [1.54, 1.807) is 12.5 Å². The Morgan fingerprint density at radius 1 is 1.21 bits per heavy atom. The van der Waals surface area contributed by atoms with Crippen molar-refractivity contribution in [2.24, 2.45) is 5.92 Å². The van der Waals surface area contributed by atoms with Crippen molar-refractivity contribution in [1.82, 2.24) is 10.2 Å². The smallest absolute Gasteiger partial charge is 0.223 e. The zero-order valence-corrected chi connectivity index (χ0v) is 17.0. The fourth-order valence-electron chi connectivity index (χ4n) is 3.81. The fraction of sp³-hybridized carbons (Fsp3) is 0.522. The molecule has 3 rings (SSSR count). The Bertz CT molecular complexity index is 723. The van der Waals surface area contributed by atoms with Crippen molar-refractivity contribution in [3.63, 3.8) is 0 Å². The van der Waals surface area contributed by atoms with Crippen molar-refractivity contribution in [2.75, 3.05) is 13.6 Å². The summed E-state index contributed by atoms with van der Waals surface area (Å²) in [5.74, 6) is 1.22. The number of amides is 1. The lowest BCUT2D eigenvalue weighted by Gasteiger charge is -2.22. The van der Waals surface area contributed by atoms with E-state index in [2.05, 4.69) is 29.4 Å². The van der Waals surface area contributed by atoms with Gasteiger partial charge in [-0.2, -0.15) is 0 Å². The minimum absolute atomic E-state index is 0.0635. The van der Waals surface area contributed by atoms with Crippen molar-refractivity contribution in [2.45, 2.75) is 58.2 Å². The first-order valence-corrected chi connectivity index (χ1v) is 10.3. The summed E-state index contributed by atoms with van der Waals surface area (Å²) in [5, 5.41) is 3.06. The van der Waals surface area contributed by atoms with Gasteiger partial charge in [0.1, 0.15) is 11.9 Å². The summed E-state index contributed by atoms with van der Waals surface area (Å²) in [6.45, 7) is 4.21. The lowest BCUT2D eigenvalue weighted by Crippen LogP contribution is -2.38. The third kappa shape index (κ3) is 6.41. The molecule has 5 heteroatoms. The molecule has 0 unspecified atom stereocenters. The van der Waals surface area contributed by atoms with Crippen LogP contribution in [0, 0.1) is 5.92 Å². The van der Waals surface area contributed by atoms with Crippen LogP contribution < -0.4 is 10.1 Å². The van der Waals surface area contributed by atoms with E-state index in [1.807, 2.05) is 25.1 Å². The summed E-state index contributed by atoms with van der Waals surface area (Å²) in [4.78, 5) is 14.5. The van der Waals surface area contributed by atoms with Gasteiger partial charge in [-0.3, -0.25) is 9.69 Å². The number of hydrogen-bond acceptors (Lipinski definition) is 4. The monoisotopic (exact) mass is 384 g/mol. The largest absolute Gasteiger partial charge is 0.489 e. The minimum Gasteiger partial charge on any atom is -0.489 e. The molecule has 1 aliphatic carbocycles. The highest BCUT2D eigenvalue weighted by Crippen LogP contribution is 2.23. The summed E-state index contributed by atoms with van der Waals surface area (Å²) >= 11 is 0. The Hall–Kier alpha value is -2.27. The Labute approximate surface area is 168 Å². The molecule has 1 fully saturated rings. The highest BCUT2D eigenvalue weighted by molar-refractivity contribution is 5.78. The predicted molar refractivity (Wildman–Crippen MR) is 110 cm³/mol. The van der Waals surface area contributed by atoms with Gasteiger partial charge in [0.25, 0.3) is 0 Å². The maximum atomic E-state index is 12.3. The second-order valence-corrected chi connectivity index (χ2v) is 7.96. The molecule has 0 saturated heterocycles. The van der Waals surface area contributed by atoms with E-state index in [0.29, 0.717) is 6.54 Å². The van der Waals surface area contributed by atoms with Gasteiger partial charge in [-0.25, -0.2) is 0 Å². The van der Waals surface area contributed by atoms with Crippen LogP contribution >= 0.6 is 0 Å². The molecule has 0 bridgehead atoms. The zero-order chi connectivity index (χ0) is 19.8. The van der Waals surface area contributed by atoms with Crippen molar-refractivity contribution >= 4 is 5.91 Å². The molecule has 0 radical (unpaired) electrons. The molecule has 28 heavy (non-hydrogen) atoms. The first-order valence-electron chi connectivity index (χ1n) is 10.3. The van der Waals surface area contributed by atoms with Crippen LogP contribution in [0.2, 0.25) is 0 Å². The number of nitrogens with one attached hydrogen (secondary N) is 1. The summed E-state index contributed by atoms with van der Waals surface area (Å²) in [6.07, 6.45) is 9.07.